The molecule has 1 saturated heterocycles. The standard InChI is InChI=1S/C25H22Cl2N6O5S/c26-15-9-16(27)11-19(10-15)39(37,38)31-17-3-1-2-14(8-17)22(34)20-12-33(24-21(20)23(28)29-13-30-24)18-4-6-32(7-5-18)25(35)36/h1-3,8-13,18,31H,4-7H2,(H,35,36)(H2,28,29,30). The number of amides is 1. The van der Waals surface area contributed by atoms with Gasteiger partial charge in [-0.25, -0.2) is 23.2 Å². The van der Waals surface area contributed by atoms with Gasteiger partial charge < -0.3 is 20.3 Å². The van der Waals surface area contributed by atoms with Gasteiger partial charge in [0.25, 0.3) is 10.0 Å². The summed E-state index contributed by atoms with van der Waals surface area (Å²) in [5, 5.41) is 9.98. The Balaban J connectivity index is 1.47. The van der Waals surface area contributed by atoms with E-state index in [2.05, 4.69) is 14.7 Å². The summed E-state index contributed by atoms with van der Waals surface area (Å²) >= 11 is 11.9. The second-order valence-corrected chi connectivity index (χ2v) is 11.6. The SMILES string of the molecule is Nc1ncnc2c1c(C(=O)c1cccc(NS(=O)(=O)c3cc(Cl)cc(Cl)c3)c1)cn2C1CCN(C(=O)O)CC1. The number of anilines is 2. The number of carbonyl (C=O) groups is 2. The van der Waals surface area contributed by atoms with Crippen LogP contribution in [-0.4, -0.2) is 57.9 Å². The second-order valence-electron chi connectivity index (χ2n) is 9.03. The van der Waals surface area contributed by atoms with Gasteiger partial charge in [0.2, 0.25) is 0 Å². The fourth-order valence-corrected chi connectivity index (χ4v) is 6.45. The highest BCUT2D eigenvalue weighted by molar-refractivity contribution is 7.92. The summed E-state index contributed by atoms with van der Waals surface area (Å²) < 4.78 is 30.2. The lowest BCUT2D eigenvalue weighted by Gasteiger charge is -2.31. The highest BCUT2D eigenvalue weighted by Crippen LogP contribution is 2.33. The Morgan fingerprint density at radius 3 is 2.41 bits per heavy atom. The van der Waals surface area contributed by atoms with Crippen LogP contribution in [0.4, 0.5) is 16.3 Å². The van der Waals surface area contributed by atoms with Crippen LogP contribution in [-0.2, 0) is 10.0 Å². The average Bonchev–Trinajstić information content (AvgIpc) is 3.28. The van der Waals surface area contributed by atoms with Crippen LogP contribution in [0.15, 0.2) is 59.9 Å². The Labute approximate surface area is 233 Å². The maximum Gasteiger partial charge on any atom is 0.407 e. The number of hydrogen-bond donors (Lipinski definition) is 3. The van der Waals surface area contributed by atoms with Gasteiger partial charge in [0.15, 0.2) is 5.78 Å². The van der Waals surface area contributed by atoms with Crippen LogP contribution in [0.1, 0.15) is 34.8 Å². The van der Waals surface area contributed by atoms with Gasteiger partial charge in [0.05, 0.1) is 15.8 Å². The smallest absolute Gasteiger partial charge is 0.407 e. The van der Waals surface area contributed by atoms with Crippen LogP contribution in [0.25, 0.3) is 11.0 Å². The van der Waals surface area contributed by atoms with Crippen molar-refractivity contribution in [3.63, 3.8) is 0 Å². The maximum atomic E-state index is 13.7. The predicted molar refractivity (Wildman–Crippen MR) is 147 cm³/mol. The van der Waals surface area contributed by atoms with Crippen LogP contribution in [0, 0.1) is 0 Å². The topological polar surface area (TPSA) is 161 Å². The van der Waals surface area contributed by atoms with E-state index >= 15 is 0 Å². The van der Waals surface area contributed by atoms with Gasteiger partial charge in [0.1, 0.15) is 17.8 Å². The molecule has 0 aliphatic carbocycles. The van der Waals surface area contributed by atoms with Crippen molar-refractivity contribution < 1.29 is 23.1 Å². The average molecular weight is 589 g/mol. The fraction of sp³-hybridized carbons (Fsp3) is 0.200. The number of benzene rings is 2. The van der Waals surface area contributed by atoms with Gasteiger partial charge in [-0.1, -0.05) is 35.3 Å². The van der Waals surface area contributed by atoms with Crippen molar-refractivity contribution in [2.24, 2.45) is 0 Å². The molecule has 1 fully saturated rings. The molecule has 2 aromatic carbocycles. The molecule has 2 aromatic heterocycles. The van der Waals surface area contributed by atoms with E-state index < -0.39 is 21.9 Å². The number of nitrogen functional groups attached to an aromatic ring is 1. The number of ketones is 1. The molecule has 1 aliphatic rings. The van der Waals surface area contributed by atoms with Crippen molar-refractivity contribution in [1.82, 2.24) is 19.4 Å². The number of halogens is 2. The summed E-state index contributed by atoms with van der Waals surface area (Å²) in [6, 6.07) is 9.90. The Bertz CT molecular complexity index is 1700. The molecule has 5 rings (SSSR count). The van der Waals surface area contributed by atoms with Crippen molar-refractivity contribution in [3.8, 4) is 0 Å². The Morgan fingerprint density at radius 2 is 1.74 bits per heavy atom. The first-order valence-electron chi connectivity index (χ1n) is 11.8. The number of carbonyl (C=O) groups excluding carboxylic acids is 1. The molecule has 4 N–H and O–H groups in total. The van der Waals surface area contributed by atoms with Crippen molar-refractivity contribution >= 4 is 67.6 Å². The van der Waals surface area contributed by atoms with Crippen molar-refractivity contribution in [3.05, 3.63) is 76.2 Å². The third-order valence-corrected chi connectivity index (χ3v) is 8.33. The van der Waals surface area contributed by atoms with Crippen LogP contribution in [0.3, 0.4) is 0 Å². The first-order chi connectivity index (χ1) is 18.5. The molecular weight excluding hydrogens is 567 g/mol. The number of aromatic nitrogens is 3. The summed E-state index contributed by atoms with van der Waals surface area (Å²) in [5.74, 6) is -0.283. The number of fused-ring (bicyclic) bond motifs is 1. The lowest BCUT2D eigenvalue weighted by atomic mass is 10.0. The lowest BCUT2D eigenvalue weighted by molar-refractivity contribution is 0.104. The molecule has 0 saturated carbocycles. The summed E-state index contributed by atoms with van der Waals surface area (Å²) in [6.07, 6.45) is 3.08. The lowest BCUT2D eigenvalue weighted by Crippen LogP contribution is -2.38. The zero-order chi connectivity index (χ0) is 27.9. The number of nitrogens with one attached hydrogen (secondary N) is 1. The zero-order valence-electron chi connectivity index (χ0n) is 20.2. The van der Waals surface area contributed by atoms with Crippen molar-refractivity contribution in [2.75, 3.05) is 23.5 Å². The summed E-state index contributed by atoms with van der Waals surface area (Å²) in [4.78, 5) is 34.7. The molecule has 0 unspecified atom stereocenters. The van der Waals surface area contributed by atoms with E-state index in [9.17, 15) is 23.1 Å². The Kier molecular flexibility index (Phi) is 7.10. The van der Waals surface area contributed by atoms with E-state index in [1.165, 1.54) is 41.6 Å². The quantitative estimate of drug-likeness (QED) is 0.274. The molecule has 0 spiro atoms. The Morgan fingerprint density at radius 1 is 1.05 bits per heavy atom. The summed E-state index contributed by atoms with van der Waals surface area (Å²) in [6.45, 7) is 0.701. The number of carboxylic acid groups (broad SMARTS) is 1. The van der Waals surface area contributed by atoms with Gasteiger partial charge in [-0.05, 0) is 43.2 Å². The first-order valence-corrected chi connectivity index (χ1v) is 14.0. The van der Waals surface area contributed by atoms with E-state index in [4.69, 9.17) is 28.9 Å². The van der Waals surface area contributed by atoms with Crippen LogP contribution >= 0.6 is 23.2 Å². The monoisotopic (exact) mass is 588 g/mol. The molecule has 0 bridgehead atoms. The minimum atomic E-state index is -4.05. The first kappa shape index (κ1) is 26.7. The molecule has 202 valence electrons. The number of hydrogen-bond acceptors (Lipinski definition) is 7. The minimum absolute atomic E-state index is 0.0957. The highest BCUT2D eigenvalue weighted by atomic mass is 35.5. The predicted octanol–water partition coefficient (Wildman–Crippen LogP) is 4.67. The molecule has 3 heterocycles. The normalized spacial score (nSPS) is 14.5. The fourth-order valence-electron chi connectivity index (χ4n) is 4.67. The van der Waals surface area contributed by atoms with Gasteiger partial charge >= 0.3 is 6.09 Å². The summed E-state index contributed by atoms with van der Waals surface area (Å²) in [7, 11) is -4.05. The molecule has 1 amide bonds. The van der Waals surface area contributed by atoms with E-state index in [0.29, 0.717) is 37.0 Å². The number of nitrogens with two attached hydrogens (primary N) is 1. The number of piperidine rings is 1. The van der Waals surface area contributed by atoms with E-state index in [1.54, 1.807) is 18.3 Å². The second kappa shape index (κ2) is 10.4. The van der Waals surface area contributed by atoms with Crippen LogP contribution in [0.2, 0.25) is 10.0 Å². The largest absolute Gasteiger partial charge is 0.465 e. The summed E-state index contributed by atoms with van der Waals surface area (Å²) in [5.41, 5.74) is 7.25. The minimum Gasteiger partial charge on any atom is -0.465 e. The molecular formula is C25H22Cl2N6O5S. The highest BCUT2D eigenvalue weighted by Gasteiger charge is 2.28. The van der Waals surface area contributed by atoms with Gasteiger partial charge in [0, 0.05) is 46.6 Å². The Hall–Kier alpha value is -3.87. The maximum absolute atomic E-state index is 13.7. The van der Waals surface area contributed by atoms with Crippen LogP contribution in [0.5, 0.6) is 0 Å². The van der Waals surface area contributed by atoms with E-state index in [-0.39, 0.29) is 43.6 Å². The number of nitrogens with zero attached hydrogens (tertiary/aromatic N) is 4. The van der Waals surface area contributed by atoms with Gasteiger partial charge in [-0.15, -0.1) is 0 Å². The number of rotatable bonds is 6. The molecule has 4 aromatic rings. The number of likely N-dealkylation sites (tertiary alicyclic amines) is 1. The van der Waals surface area contributed by atoms with Crippen molar-refractivity contribution in [2.45, 2.75) is 23.8 Å². The van der Waals surface area contributed by atoms with Gasteiger partial charge in [-0.3, -0.25) is 9.52 Å². The van der Waals surface area contributed by atoms with Crippen LogP contribution < -0.4 is 10.5 Å². The zero-order valence-corrected chi connectivity index (χ0v) is 22.5. The van der Waals surface area contributed by atoms with Gasteiger partial charge in [-0.2, -0.15) is 0 Å². The molecule has 11 nitrogen and oxygen atoms in total. The van der Waals surface area contributed by atoms with E-state index in [1.807, 2.05) is 4.57 Å². The molecule has 1 aliphatic heterocycles. The third-order valence-electron chi connectivity index (χ3n) is 6.54. The number of sulfonamides is 1. The molecule has 14 heteroatoms. The molecule has 39 heavy (non-hydrogen) atoms. The van der Waals surface area contributed by atoms with E-state index in [0.717, 1.165) is 0 Å². The molecule has 0 radical (unpaired) electrons. The van der Waals surface area contributed by atoms with Crippen molar-refractivity contribution in [1.29, 1.82) is 0 Å². The molecule has 0 atom stereocenters. The third kappa shape index (κ3) is 5.35.